The summed E-state index contributed by atoms with van der Waals surface area (Å²) in [6, 6.07) is 0.321. The number of carbonyl (C=O) groups is 1. The van der Waals surface area contributed by atoms with Crippen LogP contribution in [0.25, 0.3) is 0 Å². The summed E-state index contributed by atoms with van der Waals surface area (Å²) in [5.41, 5.74) is 5.25. The Morgan fingerprint density at radius 2 is 2.09 bits per heavy atom. The maximum Gasteiger partial charge on any atom is 0.222 e. The highest BCUT2D eigenvalue weighted by Crippen LogP contribution is 2.23. The van der Waals surface area contributed by atoms with Crippen LogP contribution in [0.2, 0.25) is 0 Å². The molecule has 64 valence electrons. The van der Waals surface area contributed by atoms with E-state index in [1.54, 1.807) is 0 Å². The molecule has 11 heavy (non-hydrogen) atoms. The SMILES string of the molecule is CN[C@H]1CCCC[C@@H]1C(N)=O. The van der Waals surface area contributed by atoms with Crippen molar-refractivity contribution in [1.82, 2.24) is 5.32 Å². The lowest BCUT2D eigenvalue weighted by atomic mass is 9.84. The van der Waals surface area contributed by atoms with Gasteiger partial charge in [-0.3, -0.25) is 4.79 Å². The molecule has 1 aliphatic carbocycles. The molecule has 0 saturated heterocycles. The third-order valence-electron chi connectivity index (χ3n) is 2.50. The average Bonchev–Trinajstić information content (AvgIpc) is 2.04. The van der Waals surface area contributed by atoms with Crippen LogP contribution in [0.4, 0.5) is 0 Å². The summed E-state index contributed by atoms with van der Waals surface area (Å²) < 4.78 is 0. The van der Waals surface area contributed by atoms with Gasteiger partial charge in [0.05, 0.1) is 5.92 Å². The number of primary amides is 1. The summed E-state index contributed by atoms with van der Waals surface area (Å²) in [5, 5.41) is 3.13. The minimum atomic E-state index is -0.149. The van der Waals surface area contributed by atoms with Gasteiger partial charge in [0.1, 0.15) is 0 Å². The lowest BCUT2D eigenvalue weighted by Gasteiger charge is -2.28. The molecule has 0 spiro atoms. The lowest BCUT2D eigenvalue weighted by Crippen LogP contribution is -2.43. The lowest BCUT2D eigenvalue weighted by molar-refractivity contribution is -0.123. The van der Waals surface area contributed by atoms with Gasteiger partial charge in [0.25, 0.3) is 0 Å². The van der Waals surface area contributed by atoms with Gasteiger partial charge in [-0.15, -0.1) is 0 Å². The third-order valence-corrected chi connectivity index (χ3v) is 2.50. The van der Waals surface area contributed by atoms with Crippen molar-refractivity contribution in [3.05, 3.63) is 0 Å². The first-order valence-corrected chi connectivity index (χ1v) is 4.22. The Morgan fingerprint density at radius 1 is 1.45 bits per heavy atom. The number of carbonyl (C=O) groups excluding carboxylic acids is 1. The molecular weight excluding hydrogens is 140 g/mol. The van der Waals surface area contributed by atoms with E-state index in [1.165, 1.54) is 6.42 Å². The van der Waals surface area contributed by atoms with E-state index in [1.807, 2.05) is 7.05 Å². The van der Waals surface area contributed by atoms with E-state index in [-0.39, 0.29) is 11.8 Å². The van der Waals surface area contributed by atoms with Crippen LogP contribution in [0.5, 0.6) is 0 Å². The second kappa shape index (κ2) is 3.72. The highest BCUT2D eigenvalue weighted by atomic mass is 16.1. The molecule has 1 amide bonds. The summed E-state index contributed by atoms with van der Waals surface area (Å²) in [5.74, 6) is -0.0854. The Bertz CT molecular complexity index is 147. The van der Waals surface area contributed by atoms with Crippen LogP contribution in [0, 0.1) is 5.92 Å². The molecule has 0 aliphatic heterocycles. The highest BCUT2D eigenvalue weighted by Gasteiger charge is 2.27. The van der Waals surface area contributed by atoms with E-state index in [0.29, 0.717) is 6.04 Å². The summed E-state index contributed by atoms with van der Waals surface area (Å²) >= 11 is 0. The molecule has 3 heteroatoms. The van der Waals surface area contributed by atoms with E-state index < -0.39 is 0 Å². The molecule has 1 fully saturated rings. The van der Waals surface area contributed by atoms with Crippen LogP contribution in [-0.4, -0.2) is 19.0 Å². The minimum Gasteiger partial charge on any atom is -0.369 e. The van der Waals surface area contributed by atoms with Crippen molar-refractivity contribution in [3.63, 3.8) is 0 Å². The second-order valence-corrected chi connectivity index (χ2v) is 3.19. The summed E-state index contributed by atoms with van der Waals surface area (Å²) in [7, 11) is 1.89. The first-order valence-electron chi connectivity index (χ1n) is 4.22. The van der Waals surface area contributed by atoms with Crippen molar-refractivity contribution in [3.8, 4) is 0 Å². The fourth-order valence-corrected chi connectivity index (χ4v) is 1.82. The number of nitrogens with two attached hydrogens (primary N) is 1. The van der Waals surface area contributed by atoms with Gasteiger partial charge in [-0.25, -0.2) is 0 Å². The van der Waals surface area contributed by atoms with E-state index in [4.69, 9.17) is 5.73 Å². The van der Waals surface area contributed by atoms with Gasteiger partial charge in [0.15, 0.2) is 0 Å². The molecule has 1 saturated carbocycles. The van der Waals surface area contributed by atoms with Gasteiger partial charge >= 0.3 is 0 Å². The molecule has 0 bridgehead atoms. The predicted octanol–water partition coefficient (Wildman–Crippen LogP) is 0.250. The van der Waals surface area contributed by atoms with Crippen LogP contribution in [0.15, 0.2) is 0 Å². The Labute approximate surface area is 67.3 Å². The molecule has 3 N–H and O–H groups in total. The third kappa shape index (κ3) is 1.93. The van der Waals surface area contributed by atoms with Crippen molar-refractivity contribution >= 4 is 5.91 Å². The van der Waals surface area contributed by atoms with Crippen molar-refractivity contribution in [1.29, 1.82) is 0 Å². The van der Waals surface area contributed by atoms with Crippen molar-refractivity contribution in [2.75, 3.05) is 7.05 Å². The minimum absolute atomic E-state index is 0.0637. The number of amides is 1. The Balaban J connectivity index is 2.51. The maximum absolute atomic E-state index is 10.9. The monoisotopic (exact) mass is 156 g/mol. The molecule has 0 aromatic heterocycles. The molecule has 0 aromatic carbocycles. The van der Waals surface area contributed by atoms with Gasteiger partial charge in [0, 0.05) is 6.04 Å². The van der Waals surface area contributed by atoms with Gasteiger partial charge in [-0.05, 0) is 19.9 Å². The summed E-state index contributed by atoms with van der Waals surface area (Å²) in [6.45, 7) is 0. The van der Waals surface area contributed by atoms with Crippen LogP contribution >= 0.6 is 0 Å². The largest absolute Gasteiger partial charge is 0.369 e. The van der Waals surface area contributed by atoms with Gasteiger partial charge in [-0.2, -0.15) is 0 Å². The van der Waals surface area contributed by atoms with Gasteiger partial charge < -0.3 is 11.1 Å². The van der Waals surface area contributed by atoms with E-state index >= 15 is 0 Å². The molecule has 0 radical (unpaired) electrons. The molecule has 1 aliphatic rings. The van der Waals surface area contributed by atoms with E-state index in [2.05, 4.69) is 5.32 Å². The second-order valence-electron chi connectivity index (χ2n) is 3.19. The maximum atomic E-state index is 10.9. The zero-order chi connectivity index (χ0) is 8.27. The normalized spacial score (nSPS) is 31.7. The zero-order valence-corrected chi connectivity index (χ0v) is 6.97. The summed E-state index contributed by atoms with van der Waals surface area (Å²) in [6.07, 6.45) is 4.41. The van der Waals surface area contributed by atoms with E-state index in [0.717, 1.165) is 19.3 Å². The Morgan fingerprint density at radius 3 is 2.55 bits per heavy atom. The van der Waals surface area contributed by atoms with Crippen LogP contribution < -0.4 is 11.1 Å². The molecule has 0 aromatic rings. The molecular formula is C8H16N2O. The summed E-state index contributed by atoms with van der Waals surface area (Å²) in [4.78, 5) is 10.9. The quantitative estimate of drug-likeness (QED) is 0.602. The van der Waals surface area contributed by atoms with Crippen LogP contribution in [-0.2, 0) is 4.79 Å². The molecule has 3 nitrogen and oxygen atoms in total. The van der Waals surface area contributed by atoms with Crippen LogP contribution in [0.1, 0.15) is 25.7 Å². The van der Waals surface area contributed by atoms with Gasteiger partial charge in [-0.1, -0.05) is 12.8 Å². The predicted molar refractivity (Wildman–Crippen MR) is 44.0 cm³/mol. The average molecular weight is 156 g/mol. The molecule has 0 unspecified atom stereocenters. The zero-order valence-electron chi connectivity index (χ0n) is 6.97. The number of nitrogens with one attached hydrogen (secondary N) is 1. The first-order chi connectivity index (χ1) is 5.25. The number of hydrogen-bond donors (Lipinski definition) is 2. The number of hydrogen-bond acceptors (Lipinski definition) is 2. The van der Waals surface area contributed by atoms with Gasteiger partial charge in [0.2, 0.25) is 5.91 Å². The Hall–Kier alpha value is -0.570. The standard InChI is InChI=1S/C8H16N2O/c1-10-7-5-3-2-4-6(7)8(9)11/h6-7,10H,2-5H2,1H3,(H2,9,11)/t6-,7-/m0/s1. The van der Waals surface area contributed by atoms with Crippen molar-refractivity contribution < 1.29 is 4.79 Å². The van der Waals surface area contributed by atoms with Crippen molar-refractivity contribution in [2.24, 2.45) is 11.7 Å². The smallest absolute Gasteiger partial charge is 0.222 e. The Kier molecular flexibility index (Phi) is 2.88. The highest BCUT2D eigenvalue weighted by molar-refractivity contribution is 5.77. The topological polar surface area (TPSA) is 55.1 Å². The molecule has 0 heterocycles. The van der Waals surface area contributed by atoms with E-state index in [9.17, 15) is 4.79 Å². The fraction of sp³-hybridized carbons (Fsp3) is 0.875. The molecule has 1 rings (SSSR count). The van der Waals surface area contributed by atoms with Crippen molar-refractivity contribution in [2.45, 2.75) is 31.7 Å². The number of rotatable bonds is 2. The molecule has 2 atom stereocenters. The fourth-order valence-electron chi connectivity index (χ4n) is 1.82. The van der Waals surface area contributed by atoms with Crippen LogP contribution in [0.3, 0.4) is 0 Å². The first kappa shape index (κ1) is 8.53.